The van der Waals surface area contributed by atoms with E-state index in [9.17, 15) is 14.7 Å². The lowest BCUT2D eigenvalue weighted by Crippen LogP contribution is -2.68. The largest absolute Gasteiger partial charge is 0.477 e. The van der Waals surface area contributed by atoms with E-state index in [1.54, 1.807) is 0 Å². The molecule has 8 nitrogen and oxygen atoms in total. The normalized spacial score (nSPS) is 26.4. The third-order valence-electron chi connectivity index (χ3n) is 3.41. The van der Waals surface area contributed by atoms with E-state index >= 15 is 0 Å². The Morgan fingerprint density at radius 2 is 2.48 bits per heavy atom. The van der Waals surface area contributed by atoms with Crippen LogP contribution in [0, 0.1) is 0 Å². The number of H-pyrrole nitrogens is 1. The van der Waals surface area contributed by atoms with Crippen LogP contribution < -0.4 is 5.73 Å². The summed E-state index contributed by atoms with van der Waals surface area (Å²) in [6, 6.07) is -0.609. The molecule has 3 rings (SSSR count). The first-order chi connectivity index (χ1) is 10.0. The maximum absolute atomic E-state index is 11.8. The van der Waals surface area contributed by atoms with Gasteiger partial charge in [-0.1, -0.05) is 11.8 Å². The maximum atomic E-state index is 11.8. The second kappa shape index (κ2) is 5.35. The van der Waals surface area contributed by atoms with Gasteiger partial charge in [-0.05, 0) is 12.5 Å². The summed E-state index contributed by atoms with van der Waals surface area (Å²) < 4.78 is 0. The summed E-state index contributed by atoms with van der Waals surface area (Å²) in [7, 11) is 0. The molecule has 3 atom stereocenters. The number of thioether (sulfide) groups is 2. The number of aromatic amines is 1. The number of nitrogens with zero attached hydrogens (tertiary/aromatic N) is 3. The standard InChI is InChI=1S/C11H13N5O3S2/c1-4(21-11-13-3-14-15-11)5-2-20-9-6(12)8(17)16(9)7(5)10(18)19/h3-4,6,9H,2,12H2,1H3,(H,18,19)(H,13,14,15)/t4?,6?,9-/m0/s1. The molecule has 1 aromatic rings. The topological polar surface area (TPSA) is 125 Å². The third-order valence-corrected chi connectivity index (χ3v) is 5.78. The average molecular weight is 327 g/mol. The molecule has 1 fully saturated rings. The lowest BCUT2D eigenvalue weighted by Gasteiger charge is -2.48. The van der Waals surface area contributed by atoms with E-state index in [-0.39, 0.29) is 22.2 Å². The number of carboxylic acids is 1. The molecule has 2 unspecified atom stereocenters. The Kier molecular flexibility index (Phi) is 3.68. The molecule has 1 aromatic heterocycles. The lowest BCUT2D eigenvalue weighted by molar-refractivity contribution is -0.148. The fourth-order valence-electron chi connectivity index (χ4n) is 2.33. The van der Waals surface area contributed by atoms with Gasteiger partial charge < -0.3 is 10.8 Å². The number of carbonyl (C=O) groups excluding carboxylic acids is 1. The fraction of sp³-hybridized carbons (Fsp3) is 0.455. The molecule has 10 heteroatoms. The van der Waals surface area contributed by atoms with Gasteiger partial charge >= 0.3 is 5.97 Å². The molecule has 0 aromatic carbocycles. The number of nitrogens with two attached hydrogens (primary N) is 1. The molecule has 3 heterocycles. The Balaban J connectivity index is 1.90. The van der Waals surface area contributed by atoms with Crippen molar-refractivity contribution < 1.29 is 14.7 Å². The van der Waals surface area contributed by atoms with Gasteiger partial charge in [0.2, 0.25) is 11.1 Å². The summed E-state index contributed by atoms with van der Waals surface area (Å²) in [6.07, 6.45) is 1.46. The number of aliphatic carboxylic acids is 1. The zero-order valence-corrected chi connectivity index (χ0v) is 12.6. The van der Waals surface area contributed by atoms with Crippen LogP contribution in [0.5, 0.6) is 0 Å². The first-order valence-corrected chi connectivity index (χ1v) is 8.12. The van der Waals surface area contributed by atoms with Gasteiger partial charge in [0, 0.05) is 11.0 Å². The summed E-state index contributed by atoms with van der Waals surface area (Å²) >= 11 is 2.84. The van der Waals surface area contributed by atoms with Gasteiger partial charge in [-0.3, -0.25) is 14.8 Å². The van der Waals surface area contributed by atoms with Crippen LogP contribution in [0.2, 0.25) is 0 Å². The SMILES string of the molecule is CC(Sc1nc[nH]n1)C1=C(C(=O)O)N2C(=O)C(N)[C@@H]2SC1. The number of hydrogen-bond acceptors (Lipinski definition) is 7. The van der Waals surface area contributed by atoms with Crippen LogP contribution in [0.15, 0.2) is 22.8 Å². The van der Waals surface area contributed by atoms with Crippen molar-refractivity contribution in [2.24, 2.45) is 5.73 Å². The molecule has 2 aliphatic rings. The van der Waals surface area contributed by atoms with E-state index in [4.69, 9.17) is 5.73 Å². The summed E-state index contributed by atoms with van der Waals surface area (Å²) in [5.41, 5.74) is 6.46. The molecular formula is C11H13N5O3S2. The average Bonchev–Trinajstić information content (AvgIpc) is 2.97. The molecule has 0 bridgehead atoms. The van der Waals surface area contributed by atoms with Crippen molar-refractivity contribution in [1.29, 1.82) is 0 Å². The van der Waals surface area contributed by atoms with E-state index in [0.29, 0.717) is 16.5 Å². The molecule has 112 valence electrons. The van der Waals surface area contributed by atoms with Crippen LogP contribution >= 0.6 is 23.5 Å². The van der Waals surface area contributed by atoms with Crippen LogP contribution in [0.1, 0.15) is 6.92 Å². The Morgan fingerprint density at radius 3 is 3.10 bits per heavy atom. The van der Waals surface area contributed by atoms with Crippen molar-refractivity contribution in [3.8, 4) is 0 Å². The lowest BCUT2D eigenvalue weighted by atomic mass is 10.0. The zero-order valence-electron chi connectivity index (χ0n) is 11.0. The molecule has 21 heavy (non-hydrogen) atoms. The highest BCUT2D eigenvalue weighted by Crippen LogP contribution is 2.42. The predicted octanol–water partition coefficient (Wildman–Crippen LogP) is -0.134. The number of carboxylic acid groups (broad SMARTS) is 1. The Hall–Kier alpha value is -1.52. The first-order valence-electron chi connectivity index (χ1n) is 6.19. The zero-order chi connectivity index (χ0) is 15.1. The van der Waals surface area contributed by atoms with Gasteiger partial charge in [0.1, 0.15) is 23.4 Å². The molecule has 0 radical (unpaired) electrons. The van der Waals surface area contributed by atoms with Crippen LogP contribution in [-0.4, -0.2) is 59.5 Å². The molecule has 2 aliphatic heterocycles. The highest BCUT2D eigenvalue weighted by atomic mass is 32.2. The summed E-state index contributed by atoms with van der Waals surface area (Å²) in [4.78, 5) is 28.7. The smallest absolute Gasteiger partial charge is 0.352 e. The van der Waals surface area contributed by atoms with Crippen molar-refractivity contribution >= 4 is 35.4 Å². The van der Waals surface area contributed by atoms with Gasteiger partial charge in [-0.2, -0.15) is 0 Å². The van der Waals surface area contributed by atoms with Crippen molar-refractivity contribution in [1.82, 2.24) is 20.1 Å². The van der Waals surface area contributed by atoms with E-state index in [0.717, 1.165) is 0 Å². The van der Waals surface area contributed by atoms with Gasteiger partial charge in [0.25, 0.3) is 0 Å². The van der Waals surface area contributed by atoms with Crippen molar-refractivity contribution in [3.63, 3.8) is 0 Å². The predicted molar refractivity (Wildman–Crippen MR) is 77.4 cm³/mol. The van der Waals surface area contributed by atoms with Crippen LogP contribution in [-0.2, 0) is 9.59 Å². The number of carbonyl (C=O) groups is 2. The highest BCUT2D eigenvalue weighted by molar-refractivity contribution is 8.01. The molecule has 0 aliphatic carbocycles. The molecule has 4 N–H and O–H groups in total. The van der Waals surface area contributed by atoms with Gasteiger partial charge in [-0.15, -0.1) is 16.9 Å². The van der Waals surface area contributed by atoms with E-state index < -0.39 is 12.0 Å². The minimum Gasteiger partial charge on any atom is -0.477 e. The fourth-order valence-corrected chi connectivity index (χ4v) is 4.73. The number of hydrogen-bond donors (Lipinski definition) is 3. The van der Waals surface area contributed by atoms with Crippen molar-refractivity contribution in [2.45, 2.75) is 28.7 Å². The second-order valence-electron chi connectivity index (χ2n) is 4.66. The molecule has 0 spiro atoms. The van der Waals surface area contributed by atoms with E-state index in [1.165, 1.54) is 34.8 Å². The van der Waals surface area contributed by atoms with Crippen molar-refractivity contribution in [2.75, 3.05) is 5.75 Å². The molecule has 1 amide bonds. The van der Waals surface area contributed by atoms with E-state index in [2.05, 4.69) is 15.2 Å². The minimum absolute atomic E-state index is 0.0565. The molecular weight excluding hydrogens is 314 g/mol. The van der Waals surface area contributed by atoms with E-state index in [1.807, 2.05) is 6.92 Å². The summed E-state index contributed by atoms with van der Waals surface area (Å²) in [6.45, 7) is 1.88. The number of amides is 1. The van der Waals surface area contributed by atoms with Gasteiger partial charge in [-0.25, -0.2) is 9.78 Å². The van der Waals surface area contributed by atoms with Crippen LogP contribution in [0.25, 0.3) is 0 Å². The number of aromatic nitrogens is 3. The van der Waals surface area contributed by atoms with Gasteiger partial charge in [0.05, 0.1) is 0 Å². The highest BCUT2D eigenvalue weighted by Gasteiger charge is 2.52. The molecule has 1 saturated heterocycles. The second-order valence-corrected chi connectivity index (χ2v) is 7.07. The number of fused-ring (bicyclic) bond motifs is 1. The Bertz CT molecular complexity index is 617. The molecule has 0 saturated carbocycles. The number of β-lactam (4-membered cyclic amide) rings is 1. The summed E-state index contributed by atoms with van der Waals surface area (Å²) in [5.74, 6) is -0.905. The maximum Gasteiger partial charge on any atom is 0.352 e. The number of nitrogens with one attached hydrogen (secondary N) is 1. The Labute approximate surface area is 128 Å². The Morgan fingerprint density at radius 1 is 1.71 bits per heavy atom. The monoisotopic (exact) mass is 327 g/mol. The van der Waals surface area contributed by atoms with Crippen LogP contribution in [0.3, 0.4) is 0 Å². The van der Waals surface area contributed by atoms with Gasteiger partial charge in [0.15, 0.2) is 0 Å². The quantitative estimate of drug-likeness (QED) is 0.516. The number of rotatable bonds is 4. The third kappa shape index (κ3) is 2.32. The summed E-state index contributed by atoms with van der Waals surface area (Å²) in [5, 5.41) is 16.1. The van der Waals surface area contributed by atoms with Crippen LogP contribution in [0.4, 0.5) is 0 Å². The van der Waals surface area contributed by atoms with Crippen molar-refractivity contribution in [3.05, 3.63) is 17.6 Å². The minimum atomic E-state index is -1.10. The first kappa shape index (κ1) is 14.4.